The Morgan fingerprint density at radius 3 is 2.90 bits per heavy atom. The van der Waals surface area contributed by atoms with E-state index >= 15 is 0 Å². The van der Waals surface area contributed by atoms with Crippen molar-refractivity contribution in [2.24, 2.45) is 5.92 Å². The molecule has 1 N–H and O–H groups in total. The number of carboxylic acid groups (broad SMARTS) is 1. The van der Waals surface area contributed by atoms with Crippen LogP contribution in [-0.2, 0) is 11.2 Å². The van der Waals surface area contributed by atoms with Crippen molar-refractivity contribution in [1.82, 2.24) is 4.90 Å². The Labute approximate surface area is 120 Å². The van der Waals surface area contributed by atoms with Crippen LogP contribution in [0.5, 0.6) is 5.75 Å². The van der Waals surface area contributed by atoms with Gasteiger partial charge in [-0.2, -0.15) is 0 Å². The molecule has 4 heteroatoms. The summed E-state index contributed by atoms with van der Waals surface area (Å²) < 4.78 is 5.31. The number of methoxy groups -OCH3 is 1. The number of hydrogen-bond donors (Lipinski definition) is 1. The Bertz CT molecular complexity index is 487. The van der Waals surface area contributed by atoms with Gasteiger partial charge in [-0.1, -0.05) is 19.9 Å². The quantitative estimate of drug-likeness (QED) is 0.868. The van der Waals surface area contributed by atoms with Gasteiger partial charge in [0.1, 0.15) is 5.75 Å². The van der Waals surface area contributed by atoms with Crippen molar-refractivity contribution in [3.05, 3.63) is 29.3 Å². The van der Waals surface area contributed by atoms with Gasteiger partial charge in [-0.05, 0) is 42.6 Å². The Kier molecular flexibility index (Phi) is 4.65. The maximum absolute atomic E-state index is 11.1. The summed E-state index contributed by atoms with van der Waals surface area (Å²) in [5.41, 5.74) is 2.65. The van der Waals surface area contributed by atoms with Crippen LogP contribution in [0.25, 0.3) is 0 Å². The number of ether oxygens (including phenoxy) is 1. The summed E-state index contributed by atoms with van der Waals surface area (Å²) in [6.45, 7) is 5.31. The van der Waals surface area contributed by atoms with Crippen molar-refractivity contribution in [1.29, 1.82) is 0 Å². The molecule has 0 amide bonds. The third-order valence-corrected chi connectivity index (χ3v) is 4.18. The van der Waals surface area contributed by atoms with Crippen LogP contribution >= 0.6 is 0 Å². The minimum absolute atomic E-state index is 0.312. The highest BCUT2D eigenvalue weighted by atomic mass is 16.5. The molecule has 1 aliphatic rings. The summed E-state index contributed by atoms with van der Waals surface area (Å²) in [7, 11) is 1.68. The molecule has 0 spiro atoms. The molecular weight excluding hydrogens is 254 g/mol. The fourth-order valence-electron chi connectivity index (χ4n) is 2.97. The number of hydrogen-bond acceptors (Lipinski definition) is 3. The number of nitrogens with zero attached hydrogens (tertiary/aromatic N) is 1. The molecule has 2 unspecified atom stereocenters. The Balaban J connectivity index is 2.19. The lowest BCUT2D eigenvalue weighted by molar-refractivity contribution is -0.141. The van der Waals surface area contributed by atoms with E-state index in [0.29, 0.717) is 12.6 Å². The van der Waals surface area contributed by atoms with Gasteiger partial charge in [0.05, 0.1) is 13.0 Å². The van der Waals surface area contributed by atoms with E-state index in [2.05, 4.69) is 24.0 Å². The lowest BCUT2D eigenvalue weighted by atomic mass is 10.0. The topological polar surface area (TPSA) is 49.8 Å². The summed E-state index contributed by atoms with van der Waals surface area (Å²) in [5.74, 6) is -0.199. The molecule has 0 radical (unpaired) electrons. The Hall–Kier alpha value is -1.55. The average molecular weight is 277 g/mol. The largest absolute Gasteiger partial charge is 0.497 e. The molecule has 0 saturated heterocycles. The third kappa shape index (κ3) is 2.96. The number of aryl methyl sites for hydroxylation is 1. The molecule has 1 aliphatic carbocycles. The number of carbonyl (C=O) groups is 1. The van der Waals surface area contributed by atoms with E-state index < -0.39 is 5.97 Å². The number of rotatable bonds is 6. The number of carboxylic acids is 1. The molecule has 0 bridgehead atoms. The standard InChI is InChI=1S/C16H23NO3/c1-4-17(10-11(2)16(18)19)15-8-6-12-5-7-13(20-3)9-14(12)15/h5,7,9,11,15H,4,6,8,10H2,1-3H3,(H,18,19). The first-order valence-corrected chi connectivity index (χ1v) is 7.20. The number of benzene rings is 1. The van der Waals surface area contributed by atoms with Gasteiger partial charge in [0, 0.05) is 12.6 Å². The first kappa shape index (κ1) is 14.9. The second-order valence-corrected chi connectivity index (χ2v) is 5.45. The van der Waals surface area contributed by atoms with Crippen molar-refractivity contribution in [3.63, 3.8) is 0 Å². The summed E-state index contributed by atoms with van der Waals surface area (Å²) in [5, 5.41) is 9.10. The number of fused-ring (bicyclic) bond motifs is 1. The summed E-state index contributed by atoms with van der Waals surface area (Å²) in [4.78, 5) is 13.3. The monoisotopic (exact) mass is 277 g/mol. The minimum atomic E-state index is -0.729. The second-order valence-electron chi connectivity index (χ2n) is 5.45. The Morgan fingerprint density at radius 2 is 2.30 bits per heavy atom. The first-order chi connectivity index (χ1) is 9.56. The van der Waals surface area contributed by atoms with E-state index in [1.54, 1.807) is 14.0 Å². The molecule has 20 heavy (non-hydrogen) atoms. The van der Waals surface area contributed by atoms with E-state index in [0.717, 1.165) is 25.1 Å². The zero-order valence-electron chi connectivity index (χ0n) is 12.4. The average Bonchev–Trinajstić information content (AvgIpc) is 2.87. The highest BCUT2D eigenvalue weighted by Crippen LogP contribution is 2.37. The van der Waals surface area contributed by atoms with E-state index in [4.69, 9.17) is 9.84 Å². The molecule has 2 atom stereocenters. The molecular formula is C16H23NO3. The van der Waals surface area contributed by atoms with Crippen LogP contribution in [0.4, 0.5) is 0 Å². The van der Waals surface area contributed by atoms with Crippen LogP contribution in [0.15, 0.2) is 18.2 Å². The highest BCUT2D eigenvalue weighted by molar-refractivity contribution is 5.69. The molecule has 4 nitrogen and oxygen atoms in total. The van der Waals surface area contributed by atoms with Crippen LogP contribution in [0, 0.1) is 5.92 Å². The van der Waals surface area contributed by atoms with E-state index in [1.165, 1.54) is 11.1 Å². The SMILES string of the molecule is CCN(CC(C)C(=O)O)C1CCc2ccc(OC)cc21. The van der Waals surface area contributed by atoms with E-state index in [1.807, 2.05) is 6.07 Å². The second kappa shape index (κ2) is 6.27. The van der Waals surface area contributed by atoms with Crippen LogP contribution in [0.2, 0.25) is 0 Å². The summed E-state index contributed by atoms with van der Waals surface area (Å²) >= 11 is 0. The van der Waals surface area contributed by atoms with Gasteiger partial charge in [0.2, 0.25) is 0 Å². The van der Waals surface area contributed by atoms with Gasteiger partial charge < -0.3 is 9.84 Å². The minimum Gasteiger partial charge on any atom is -0.497 e. The first-order valence-electron chi connectivity index (χ1n) is 7.20. The molecule has 0 saturated carbocycles. The van der Waals surface area contributed by atoms with Gasteiger partial charge >= 0.3 is 5.97 Å². The van der Waals surface area contributed by atoms with Crippen molar-refractivity contribution in [2.45, 2.75) is 32.7 Å². The van der Waals surface area contributed by atoms with Gasteiger partial charge in [0.25, 0.3) is 0 Å². The van der Waals surface area contributed by atoms with Gasteiger partial charge in [-0.25, -0.2) is 0 Å². The molecule has 0 heterocycles. The summed E-state index contributed by atoms with van der Waals surface area (Å²) in [6.07, 6.45) is 2.12. The predicted octanol–water partition coefficient (Wildman–Crippen LogP) is 2.73. The van der Waals surface area contributed by atoms with Crippen molar-refractivity contribution in [2.75, 3.05) is 20.2 Å². The van der Waals surface area contributed by atoms with Crippen LogP contribution in [0.3, 0.4) is 0 Å². The molecule has 2 rings (SSSR count). The molecule has 0 aliphatic heterocycles. The summed E-state index contributed by atoms with van der Waals surface area (Å²) in [6, 6.07) is 6.54. The Morgan fingerprint density at radius 1 is 1.55 bits per heavy atom. The van der Waals surface area contributed by atoms with Crippen molar-refractivity contribution in [3.8, 4) is 5.75 Å². The molecule has 0 fully saturated rings. The lowest BCUT2D eigenvalue weighted by Gasteiger charge is -2.29. The van der Waals surface area contributed by atoms with Crippen molar-refractivity contribution < 1.29 is 14.6 Å². The zero-order chi connectivity index (χ0) is 14.7. The fraction of sp³-hybridized carbons (Fsp3) is 0.562. The van der Waals surface area contributed by atoms with Crippen molar-refractivity contribution >= 4 is 5.97 Å². The lowest BCUT2D eigenvalue weighted by Crippen LogP contribution is -2.34. The highest BCUT2D eigenvalue weighted by Gasteiger charge is 2.29. The van der Waals surface area contributed by atoms with Crippen LogP contribution < -0.4 is 4.74 Å². The normalized spacial score (nSPS) is 18.9. The van der Waals surface area contributed by atoms with E-state index in [9.17, 15) is 4.79 Å². The third-order valence-electron chi connectivity index (χ3n) is 4.18. The van der Waals surface area contributed by atoms with Crippen LogP contribution in [0.1, 0.15) is 37.4 Å². The predicted molar refractivity (Wildman–Crippen MR) is 78.1 cm³/mol. The van der Waals surface area contributed by atoms with Gasteiger partial charge in [0.15, 0.2) is 0 Å². The maximum atomic E-state index is 11.1. The molecule has 110 valence electrons. The van der Waals surface area contributed by atoms with Crippen LogP contribution in [-0.4, -0.2) is 36.2 Å². The fourth-order valence-corrected chi connectivity index (χ4v) is 2.97. The maximum Gasteiger partial charge on any atom is 0.307 e. The zero-order valence-corrected chi connectivity index (χ0v) is 12.4. The van der Waals surface area contributed by atoms with Gasteiger partial charge in [-0.3, -0.25) is 9.69 Å². The van der Waals surface area contributed by atoms with Gasteiger partial charge in [-0.15, -0.1) is 0 Å². The molecule has 1 aromatic carbocycles. The molecule has 0 aromatic heterocycles. The smallest absolute Gasteiger partial charge is 0.307 e. The molecule has 1 aromatic rings. The van der Waals surface area contributed by atoms with E-state index in [-0.39, 0.29) is 5.92 Å². The number of aliphatic carboxylic acids is 1.